The normalized spacial score (nSPS) is 25.0. The van der Waals surface area contributed by atoms with Crippen LogP contribution < -0.4 is 9.62 Å². The predicted octanol–water partition coefficient (Wildman–Crippen LogP) is 6.56. The van der Waals surface area contributed by atoms with Crippen molar-refractivity contribution in [1.82, 2.24) is 10.2 Å². The van der Waals surface area contributed by atoms with Gasteiger partial charge in [0.15, 0.2) is 0 Å². The maximum absolute atomic E-state index is 14.0. The van der Waals surface area contributed by atoms with Crippen molar-refractivity contribution in [3.8, 4) is 0 Å². The molecular weight excluding hydrogens is 605 g/mol. The summed E-state index contributed by atoms with van der Waals surface area (Å²) >= 11 is 12.9. The fourth-order valence-electron chi connectivity index (χ4n) is 8.21. The van der Waals surface area contributed by atoms with E-state index in [2.05, 4.69) is 17.4 Å². The molecule has 234 valence electrons. The number of halogens is 2. The van der Waals surface area contributed by atoms with Crippen LogP contribution in [0.15, 0.2) is 42.5 Å². The van der Waals surface area contributed by atoms with E-state index in [9.17, 15) is 18.0 Å². The average Bonchev–Trinajstić information content (AvgIpc) is 2.91. The Hall–Kier alpha value is -2.29. The highest BCUT2D eigenvalue weighted by Gasteiger charge is 2.51. The predicted molar refractivity (Wildman–Crippen MR) is 173 cm³/mol. The van der Waals surface area contributed by atoms with E-state index in [-0.39, 0.29) is 23.9 Å². The first-order valence-corrected chi connectivity index (χ1v) is 18.0. The van der Waals surface area contributed by atoms with Gasteiger partial charge in [-0.15, -0.1) is 0 Å². The second-order valence-electron chi connectivity index (χ2n) is 13.3. The number of nitrogens with zero attached hydrogens (tertiary/aromatic N) is 2. The molecule has 7 nitrogen and oxygen atoms in total. The monoisotopic (exact) mass is 647 g/mol. The van der Waals surface area contributed by atoms with Crippen molar-refractivity contribution < 1.29 is 18.0 Å². The lowest BCUT2D eigenvalue weighted by atomic mass is 9.48. The van der Waals surface area contributed by atoms with E-state index >= 15 is 0 Å². The SMILES string of the molecule is CC[C@@H](C(=O)NC(C)C)N(Cc1c(Cl)cccc1Cl)C(=O)CN(c1ccc(C23CC4CC(CC(C4)C2)C3)cc1)S(C)(=O)=O. The number of benzene rings is 2. The van der Waals surface area contributed by atoms with E-state index in [1.54, 1.807) is 18.2 Å². The van der Waals surface area contributed by atoms with E-state index < -0.39 is 28.5 Å². The molecule has 0 saturated heterocycles. The molecule has 43 heavy (non-hydrogen) atoms. The molecule has 4 fully saturated rings. The summed E-state index contributed by atoms with van der Waals surface area (Å²) in [4.78, 5) is 28.7. The lowest BCUT2D eigenvalue weighted by Crippen LogP contribution is -2.53. The molecule has 0 radical (unpaired) electrons. The van der Waals surface area contributed by atoms with Crippen LogP contribution in [0.1, 0.15) is 76.8 Å². The Morgan fingerprint density at radius 1 is 0.953 bits per heavy atom. The maximum atomic E-state index is 14.0. The van der Waals surface area contributed by atoms with Crippen molar-refractivity contribution >= 4 is 50.7 Å². The molecule has 4 bridgehead atoms. The fourth-order valence-corrected chi connectivity index (χ4v) is 9.58. The third-order valence-electron chi connectivity index (χ3n) is 9.69. The first-order valence-electron chi connectivity index (χ1n) is 15.4. The molecule has 0 aliphatic heterocycles. The van der Waals surface area contributed by atoms with E-state index in [0.29, 0.717) is 27.7 Å². The Balaban J connectivity index is 1.43. The van der Waals surface area contributed by atoms with Crippen LogP contribution in [0.5, 0.6) is 0 Å². The molecule has 4 aliphatic rings. The van der Waals surface area contributed by atoms with Gasteiger partial charge in [-0.1, -0.05) is 48.3 Å². The fraction of sp³-hybridized carbons (Fsp3) is 0.576. The van der Waals surface area contributed by atoms with E-state index in [1.807, 2.05) is 32.9 Å². The summed E-state index contributed by atoms with van der Waals surface area (Å²) in [5, 5.41) is 3.62. The lowest BCUT2D eigenvalue weighted by Gasteiger charge is -2.57. The third kappa shape index (κ3) is 6.86. The number of anilines is 1. The van der Waals surface area contributed by atoms with Crippen molar-refractivity contribution in [1.29, 1.82) is 0 Å². The number of amides is 2. The molecule has 4 saturated carbocycles. The average molecular weight is 649 g/mol. The summed E-state index contributed by atoms with van der Waals surface area (Å²) in [6, 6.07) is 11.9. The molecule has 1 N–H and O–H groups in total. The van der Waals surface area contributed by atoms with Crippen LogP contribution in [-0.4, -0.2) is 50.0 Å². The van der Waals surface area contributed by atoms with Gasteiger partial charge in [0.1, 0.15) is 12.6 Å². The second kappa shape index (κ2) is 12.6. The minimum atomic E-state index is -3.83. The summed E-state index contributed by atoms with van der Waals surface area (Å²) in [7, 11) is -3.83. The largest absolute Gasteiger partial charge is 0.352 e. The number of nitrogens with one attached hydrogen (secondary N) is 1. The minimum absolute atomic E-state index is 0.0378. The molecular formula is C33H43Cl2N3O4S. The van der Waals surface area contributed by atoms with Crippen molar-refractivity contribution in [3.63, 3.8) is 0 Å². The van der Waals surface area contributed by atoms with E-state index in [4.69, 9.17) is 23.2 Å². The van der Waals surface area contributed by atoms with Crippen LogP contribution in [0.2, 0.25) is 10.0 Å². The summed E-state index contributed by atoms with van der Waals surface area (Å²) < 4.78 is 27.4. The van der Waals surface area contributed by atoms with Crippen LogP contribution in [0.25, 0.3) is 0 Å². The van der Waals surface area contributed by atoms with Gasteiger partial charge in [-0.2, -0.15) is 0 Å². The molecule has 4 aliphatic carbocycles. The number of carbonyl (C=O) groups excluding carboxylic acids is 2. The van der Waals surface area contributed by atoms with Gasteiger partial charge in [0.2, 0.25) is 21.8 Å². The number of sulfonamides is 1. The van der Waals surface area contributed by atoms with Gasteiger partial charge in [-0.25, -0.2) is 8.42 Å². The molecule has 2 aromatic carbocycles. The summed E-state index contributed by atoms with van der Waals surface area (Å²) in [6.07, 6.45) is 9.12. The van der Waals surface area contributed by atoms with Gasteiger partial charge in [-0.05, 0) is 112 Å². The summed E-state index contributed by atoms with van der Waals surface area (Å²) in [6.45, 7) is 5.02. The molecule has 2 aromatic rings. The standard InChI is InChI=1S/C33H43Cl2N3O4S/c1-5-30(32(40)36-21(2)3)37(19-27-28(34)7-6-8-29(27)35)31(39)20-38(43(4,41)42)26-11-9-25(10-12-26)33-16-22-13-23(17-33)15-24(14-22)18-33/h6-12,21-24,30H,5,13-20H2,1-4H3,(H,36,40)/t22?,23?,24?,30-,33?/m0/s1. The van der Waals surface area contributed by atoms with Crippen LogP contribution in [-0.2, 0) is 31.6 Å². The van der Waals surface area contributed by atoms with Crippen molar-refractivity contribution in [2.45, 2.75) is 89.8 Å². The highest BCUT2D eigenvalue weighted by atomic mass is 35.5. The number of carbonyl (C=O) groups is 2. The lowest BCUT2D eigenvalue weighted by molar-refractivity contribution is -0.140. The smallest absolute Gasteiger partial charge is 0.244 e. The Labute approximate surface area is 266 Å². The van der Waals surface area contributed by atoms with Gasteiger partial charge in [0.25, 0.3) is 0 Å². The Morgan fingerprint density at radius 2 is 1.49 bits per heavy atom. The summed E-state index contributed by atoms with van der Waals surface area (Å²) in [5.74, 6) is 1.56. The molecule has 2 amide bonds. The molecule has 0 spiro atoms. The zero-order valence-electron chi connectivity index (χ0n) is 25.5. The molecule has 10 heteroatoms. The van der Waals surface area contributed by atoms with Crippen LogP contribution in [0, 0.1) is 17.8 Å². The van der Waals surface area contributed by atoms with Crippen molar-refractivity contribution in [2.24, 2.45) is 17.8 Å². The molecule has 0 unspecified atom stereocenters. The maximum Gasteiger partial charge on any atom is 0.244 e. The number of hydrogen-bond acceptors (Lipinski definition) is 4. The Kier molecular flexibility index (Phi) is 9.41. The first-order chi connectivity index (χ1) is 20.3. The van der Waals surface area contributed by atoms with Crippen LogP contribution in [0.4, 0.5) is 5.69 Å². The first kappa shape index (κ1) is 32.1. The van der Waals surface area contributed by atoms with Crippen molar-refractivity contribution in [3.05, 3.63) is 63.6 Å². The van der Waals surface area contributed by atoms with E-state index in [1.165, 1.54) is 49.0 Å². The highest BCUT2D eigenvalue weighted by Crippen LogP contribution is 2.60. The zero-order chi connectivity index (χ0) is 31.1. The molecule has 1 atom stereocenters. The van der Waals surface area contributed by atoms with Gasteiger partial charge < -0.3 is 10.2 Å². The Morgan fingerprint density at radius 3 is 1.95 bits per heavy atom. The zero-order valence-corrected chi connectivity index (χ0v) is 27.8. The van der Waals surface area contributed by atoms with Crippen LogP contribution >= 0.6 is 23.2 Å². The topological polar surface area (TPSA) is 86.8 Å². The van der Waals surface area contributed by atoms with Crippen LogP contribution in [0.3, 0.4) is 0 Å². The van der Waals surface area contributed by atoms with E-state index in [0.717, 1.165) is 28.3 Å². The quantitative estimate of drug-likeness (QED) is 0.299. The number of hydrogen-bond donors (Lipinski definition) is 1. The van der Waals surface area contributed by atoms with Gasteiger partial charge in [-0.3, -0.25) is 13.9 Å². The number of rotatable bonds is 11. The molecule has 0 heterocycles. The molecule has 6 rings (SSSR count). The van der Waals surface area contributed by atoms with Crippen molar-refractivity contribution in [2.75, 3.05) is 17.1 Å². The Bertz CT molecular complexity index is 1410. The second-order valence-corrected chi connectivity index (χ2v) is 16.0. The van der Waals surface area contributed by atoms with Gasteiger partial charge >= 0.3 is 0 Å². The molecule has 0 aromatic heterocycles. The summed E-state index contributed by atoms with van der Waals surface area (Å²) in [5.41, 5.74) is 2.39. The highest BCUT2D eigenvalue weighted by molar-refractivity contribution is 7.92. The minimum Gasteiger partial charge on any atom is -0.352 e. The van der Waals surface area contributed by atoms with Gasteiger partial charge in [0, 0.05) is 28.2 Å². The van der Waals surface area contributed by atoms with Gasteiger partial charge in [0.05, 0.1) is 11.9 Å². The third-order valence-corrected chi connectivity index (χ3v) is 11.5.